The number of rotatable bonds is 5. The summed E-state index contributed by atoms with van der Waals surface area (Å²) in [6.07, 6.45) is 6.82. The van der Waals surface area contributed by atoms with Crippen LogP contribution >= 0.6 is 11.6 Å². The van der Waals surface area contributed by atoms with E-state index >= 15 is 0 Å². The fourth-order valence-corrected chi connectivity index (χ4v) is 3.81. The summed E-state index contributed by atoms with van der Waals surface area (Å²) in [5.74, 6) is 0.823. The van der Waals surface area contributed by atoms with E-state index in [1.54, 1.807) is 6.07 Å². The molecule has 4 nitrogen and oxygen atoms in total. The van der Waals surface area contributed by atoms with Crippen LogP contribution in [0.5, 0.6) is 5.75 Å². The quantitative estimate of drug-likeness (QED) is 0.837. The van der Waals surface area contributed by atoms with Crippen LogP contribution in [-0.4, -0.2) is 34.0 Å². The highest BCUT2D eigenvalue weighted by atomic mass is 35.5. The van der Waals surface area contributed by atoms with E-state index in [1.165, 1.54) is 6.20 Å². The fourth-order valence-electron chi connectivity index (χ4n) is 3.68. The molecule has 1 saturated carbocycles. The molecular weight excluding hydrogens is 348 g/mol. The van der Waals surface area contributed by atoms with Crippen molar-refractivity contribution in [1.82, 2.24) is 9.88 Å². The molecule has 1 aromatic carbocycles. The van der Waals surface area contributed by atoms with Crippen molar-refractivity contribution in [1.29, 1.82) is 0 Å². The topological polar surface area (TPSA) is 53.4 Å². The molecule has 0 bridgehead atoms. The molecule has 0 unspecified atom stereocenters. The molecule has 5 heteroatoms. The van der Waals surface area contributed by atoms with Crippen LogP contribution in [0.3, 0.4) is 0 Å². The van der Waals surface area contributed by atoms with Gasteiger partial charge in [0.05, 0.1) is 6.20 Å². The Morgan fingerprint density at radius 1 is 1.15 bits per heavy atom. The number of carbonyl (C=O) groups excluding carboxylic acids is 1. The number of halogens is 1. The maximum Gasteiger partial charge on any atom is 0.222 e. The van der Waals surface area contributed by atoms with Crippen molar-refractivity contribution in [3.05, 3.63) is 58.9 Å². The van der Waals surface area contributed by atoms with Crippen LogP contribution in [0.4, 0.5) is 0 Å². The number of aromatic hydroxyl groups is 1. The van der Waals surface area contributed by atoms with E-state index in [1.807, 2.05) is 42.3 Å². The molecule has 1 aromatic heterocycles. The smallest absolute Gasteiger partial charge is 0.222 e. The summed E-state index contributed by atoms with van der Waals surface area (Å²) in [6, 6.07) is 11.6. The summed E-state index contributed by atoms with van der Waals surface area (Å²) in [4.78, 5) is 18.8. The number of benzene rings is 1. The van der Waals surface area contributed by atoms with Crippen molar-refractivity contribution in [2.24, 2.45) is 0 Å². The van der Waals surface area contributed by atoms with E-state index in [0.717, 1.165) is 48.4 Å². The Bertz CT molecular complexity index is 723. The van der Waals surface area contributed by atoms with Gasteiger partial charge in [-0.3, -0.25) is 9.78 Å². The summed E-state index contributed by atoms with van der Waals surface area (Å²) >= 11 is 5.90. The van der Waals surface area contributed by atoms with E-state index in [9.17, 15) is 9.90 Å². The molecule has 3 rings (SSSR count). The normalized spacial score (nSPS) is 19.9. The second-order valence-electron chi connectivity index (χ2n) is 7.08. The molecule has 26 heavy (non-hydrogen) atoms. The molecule has 0 spiro atoms. The number of pyridine rings is 1. The number of carbonyl (C=O) groups is 1. The Morgan fingerprint density at radius 2 is 1.85 bits per heavy atom. The van der Waals surface area contributed by atoms with Crippen LogP contribution in [0, 0.1) is 0 Å². The lowest BCUT2D eigenvalue weighted by molar-refractivity contribution is -0.132. The second kappa shape index (κ2) is 8.54. The number of aryl methyl sites for hydroxylation is 1. The molecule has 1 fully saturated rings. The summed E-state index contributed by atoms with van der Waals surface area (Å²) < 4.78 is 0. The molecule has 1 aliphatic rings. The van der Waals surface area contributed by atoms with Crippen LogP contribution < -0.4 is 0 Å². The van der Waals surface area contributed by atoms with Gasteiger partial charge in [0, 0.05) is 36.1 Å². The van der Waals surface area contributed by atoms with Crippen LogP contribution in [0.25, 0.3) is 0 Å². The first kappa shape index (κ1) is 18.7. The van der Waals surface area contributed by atoms with Gasteiger partial charge in [0.15, 0.2) is 0 Å². The average molecular weight is 373 g/mol. The van der Waals surface area contributed by atoms with Crippen molar-refractivity contribution >= 4 is 17.5 Å². The van der Waals surface area contributed by atoms with Gasteiger partial charge in [-0.2, -0.15) is 0 Å². The first-order valence-electron chi connectivity index (χ1n) is 9.18. The van der Waals surface area contributed by atoms with Crippen molar-refractivity contribution in [2.45, 2.75) is 50.5 Å². The number of nitrogens with zero attached hydrogens (tertiary/aromatic N) is 2. The van der Waals surface area contributed by atoms with Gasteiger partial charge in [0.25, 0.3) is 0 Å². The zero-order chi connectivity index (χ0) is 18.5. The van der Waals surface area contributed by atoms with E-state index in [-0.39, 0.29) is 11.7 Å². The van der Waals surface area contributed by atoms with Gasteiger partial charge in [0.2, 0.25) is 5.91 Å². The highest BCUT2D eigenvalue weighted by Crippen LogP contribution is 2.34. The third-order valence-corrected chi connectivity index (χ3v) is 5.62. The van der Waals surface area contributed by atoms with Crippen molar-refractivity contribution in [3.8, 4) is 5.75 Å². The summed E-state index contributed by atoms with van der Waals surface area (Å²) in [7, 11) is 1.92. The van der Waals surface area contributed by atoms with Crippen molar-refractivity contribution in [3.63, 3.8) is 0 Å². The monoisotopic (exact) mass is 372 g/mol. The van der Waals surface area contributed by atoms with Crippen molar-refractivity contribution in [2.75, 3.05) is 7.05 Å². The second-order valence-corrected chi connectivity index (χ2v) is 7.51. The van der Waals surface area contributed by atoms with E-state index < -0.39 is 0 Å². The number of hydrogen-bond acceptors (Lipinski definition) is 3. The Kier molecular flexibility index (Phi) is 6.15. The minimum absolute atomic E-state index is 0.200. The minimum Gasteiger partial charge on any atom is -0.506 e. The molecule has 1 N–H and O–H groups in total. The van der Waals surface area contributed by atoms with E-state index in [4.69, 9.17) is 11.6 Å². The lowest BCUT2D eigenvalue weighted by Gasteiger charge is -2.34. The van der Waals surface area contributed by atoms with Gasteiger partial charge in [-0.25, -0.2) is 0 Å². The van der Waals surface area contributed by atoms with E-state index in [0.29, 0.717) is 18.4 Å². The molecule has 138 valence electrons. The summed E-state index contributed by atoms with van der Waals surface area (Å²) in [5, 5.41) is 10.1. The van der Waals surface area contributed by atoms with Gasteiger partial charge in [-0.1, -0.05) is 23.7 Å². The van der Waals surface area contributed by atoms with Gasteiger partial charge < -0.3 is 10.0 Å². The van der Waals surface area contributed by atoms with Crippen LogP contribution in [0.1, 0.15) is 49.3 Å². The minimum atomic E-state index is 0.200. The molecule has 0 atom stereocenters. The third-order valence-electron chi connectivity index (χ3n) is 5.37. The third kappa shape index (κ3) is 4.76. The lowest BCUT2D eigenvalue weighted by Crippen LogP contribution is -2.39. The highest BCUT2D eigenvalue weighted by molar-refractivity contribution is 6.30. The molecule has 1 heterocycles. The predicted molar refractivity (Wildman–Crippen MR) is 103 cm³/mol. The maximum absolute atomic E-state index is 12.5. The Labute approximate surface area is 159 Å². The Hall–Kier alpha value is -2.07. The zero-order valence-corrected chi connectivity index (χ0v) is 15.8. The highest BCUT2D eigenvalue weighted by Gasteiger charge is 2.27. The molecular formula is C21H25ClN2O2. The summed E-state index contributed by atoms with van der Waals surface area (Å²) in [6.45, 7) is 0. The lowest BCUT2D eigenvalue weighted by atomic mass is 9.83. The fraction of sp³-hybridized carbons (Fsp3) is 0.429. The first-order valence-corrected chi connectivity index (χ1v) is 9.56. The molecule has 0 saturated heterocycles. The molecule has 0 radical (unpaired) electrons. The molecule has 0 aliphatic heterocycles. The number of hydrogen-bond donors (Lipinski definition) is 1. The average Bonchev–Trinajstić information content (AvgIpc) is 2.67. The van der Waals surface area contributed by atoms with Gasteiger partial charge in [0.1, 0.15) is 5.75 Å². The van der Waals surface area contributed by atoms with Gasteiger partial charge in [-0.15, -0.1) is 0 Å². The number of amides is 1. The van der Waals surface area contributed by atoms with Crippen molar-refractivity contribution < 1.29 is 9.90 Å². The maximum atomic E-state index is 12.5. The Balaban J connectivity index is 1.48. The van der Waals surface area contributed by atoms with E-state index in [2.05, 4.69) is 4.98 Å². The van der Waals surface area contributed by atoms with Crippen LogP contribution in [0.15, 0.2) is 42.6 Å². The van der Waals surface area contributed by atoms with Gasteiger partial charge in [-0.05, 0) is 61.9 Å². The standard InChI is InChI=1S/C21H25ClN2O2/c1-24(21(26)13-4-15-2-7-17(22)8-3-15)18-9-5-16(6-10-18)20-12-11-19(25)14-23-20/h2-3,7-8,11-12,14,16,18,25H,4-6,9-10,13H2,1H3/t16-,18-. The molecule has 1 aliphatic carbocycles. The predicted octanol–water partition coefficient (Wildman–Crippen LogP) is 4.56. The van der Waals surface area contributed by atoms with Gasteiger partial charge >= 0.3 is 0 Å². The number of aromatic nitrogens is 1. The van der Waals surface area contributed by atoms with Crippen LogP contribution in [-0.2, 0) is 11.2 Å². The van der Waals surface area contributed by atoms with Crippen LogP contribution in [0.2, 0.25) is 5.02 Å². The SMILES string of the molecule is CN(C(=O)CCc1ccc(Cl)cc1)[C@H]1CC[C@H](c2ccc(O)cn2)CC1. The Morgan fingerprint density at radius 3 is 2.46 bits per heavy atom. The molecule has 2 aromatic rings. The zero-order valence-electron chi connectivity index (χ0n) is 15.1. The summed E-state index contributed by atoms with van der Waals surface area (Å²) in [5.41, 5.74) is 2.18. The largest absolute Gasteiger partial charge is 0.506 e. The first-order chi connectivity index (χ1) is 12.5. The molecule has 1 amide bonds.